The van der Waals surface area contributed by atoms with Gasteiger partial charge in [0.1, 0.15) is 12.0 Å². The molecule has 0 spiro atoms. The minimum atomic E-state index is -0.00531. The predicted molar refractivity (Wildman–Crippen MR) is 109 cm³/mol. The molecule has 148 valence electrons. The molecule has 0 aromatic carbocycles. The largest absolute Gasteiger partial charge is 0.381 e. The van der Waals surface area contributed by atoms with Gasteiger partial charge in [0, 0.05) is 36.4 Å². The Balaban J connectivity index is 1.60. The van der Waals surface area contributed by atoms with E-state index in [4.69, 9.17) is 9.72 Å². The number of aryl methyl sites for hydroxylation is 2. The van der Waals surface area contributed by atoms with Crippen molar-refractivity contribution in [1.82, 2.24) is 29.1 Å². The maximum Gasteiger partial charge on any atom is 0.255 e. The van der Waals surface area contributed by atoms with Gasteiger partial charge in [0.2, 0.25) is 5.95 Å². The van der Waals surface area contributed by atoms with Crippen LogP contribution < -0.4 is 10.9 Å². The Labute approximate surface area is 166 Å². The Kier molecular flexibility index (Phi) is 4.24. The summed E-state index contributed by atoms with van der Waals surface area (Å²) in [5.41, 5.74) is 3.94. The van der Waals surface area contributed by atoms with Gasteiger partial charge in [-0.25, -0.2) is 14.5 Å². The first-order valence-corrected chi connectivity index (χ1v) is 9.64. The van der Waals surface area contributed by atoms with Gasteiger partial charge >= 0.3 is 0 Å². The van der Waals surface area contributed by atoms with Crippen LogP contribution in [0, 0.1) is 13.8 Å². The van der Waals surface area contributed by atoms with Crippen LogP contribution in [0.1, 0.15) is 30.0 Å². The van der Waals surface area contributed by atoms with Crippen molar-refractivity contribution < 1.29 is 4.74 Å². The quantitative estimate of drug-likeness (QED) is 0.573. The van der Waals surface area contributed by atoms with Crippen molar-refractivity contribution >= 4 is 28.3 Å². The SMILES string of the molecule is Cc1cc2ncnn2cc1Nc1ncc2cc(C)c(=O)n(C3CCOCC3)c2n1. The molecule has 0 atom stereocenters. The van der Waals surface area contributed by atoms with Gasteiger partial charge in [-0.1, -0.05) is 0 Å². The topological polar surface area (TPSA) is 99.2 Å². The lowest BCUT2D eigenvalue weighted by Gasteiger charge is -2.25. The average Bonchev–Trinajstić information content (AvgIpc) is 3.17. The number of nitrogens with zero attached hydrogens (tertiary/aromatic N) is 6. The van der Waals surface area contributed by atoms with Gasteiger partial charge in [-0.3, -0.25) is 9.36 Å². The third-order valence-electron chi connectivity index (χ3n) is 5.38. The number of aromatic nitrogens is 6. The van der Waals surface area contributed by atoms with Gasteiger partial charge in [-0.15, -0.1) is 0 Å². The van der Waals surface area contributed by atoms with E-state index in [0.29, 0.717) is 30.4 Å². The molecule has 1 fully saturated rings. The summed E-state index contributed by atoms with van der Waals surface area (Å²) in [5, 5.41) is 8.29. The summed E-state index contributed by atoms with van der Waals surface area (Å²) in [4.78, 5) is 26.3. The second-order valence-electron chi connectivity index (χ2n) is 7.38. The second-order valence-corrected chi connectivity index (χ2v) is 7.38. The highest BCUT2D eigenvalue weighted by Crippen LogP contribution is 2.25. The first-order chi connectivity index (χ1) is 14.1. The fourth-order valence-corrected chi connectivity index (χ4v) is 3.81. The fourth-order valence-electron chi connectivity index (χ4n) is 3.81. The van der Waals surface area contributed by atoms with Gasteiger partial charge in [-0.2, -0.15) is 10.1 Å². The lowest BCUT2D eigenvalue weighted by molar-refractivity contribution is 0.0696. The molecule has 29 heavy (non-hydrogen) atoms. The molecule has 0 aliphatic carbocycles. The molecule has 1 aliphatic rings. The van der Waals surface area contributed by atoms with Crippen LogP contribution in [-0.4, -0.2) is 42.3 Å². The van der Waals surface area contributed by atoms with Crippen molar-refractivity contribution in [3.8, 4) is 0 Å². The molecule has 0 unspecified atom stereocenters. The summed E-state index contributed by atoms with van der Waals surface area (Å²) in [5.74, 6) is 0.434. The number of hydrogen-bond acceptors (Lipinski definition) is 7. The molecule has 1 aliphatic heterocycles. The molecule has 4 aromatic heterocycles. The van der Waals surface area contributed by atoms with Gasteiger partial charge in [0.25, 0.3) is 5.56 Å². The molecule has 0 bridgehead atoms. The van der Waals surface area contributed by atoms with Crippen molar-refractivity contribution in [2.75, 3.05) is 18.5 Å². The number of nitrogens with one attached hydrogen (secondary N) is 1. The van der Waals surface area contributed by atoms with Crippen LogP contribution in [-0.2, 0) is 4.74 Å². The van der Waals surface area contributed by atoms with Crippen molar-refractivity contribution in [3.05, 3.63) is 52.3 Å². The molecule has 0 saturated carbocycles. The average molecular weight is 391 g/mol. The van der Waals surface area contributed by atoms with Crippen LogP contribution in [0.5, 0.6) is 0 Å². The molecule has 1 N–H and O–H groups in total. The molecule has 9 nitrogen and oxygen atoms in total. The highest BCUT2D eigenvalue weighted by Gasteiger charge is 2.21. The smallest absolute Gasteiger partial charge is 0.255 e. The number of hydrogen-bond donors (Lipinski definition) is 1. The van der Waals surface area contributed by atoms with Crippen LogP contribution in [0.3, 0.4) is 0 Å². The summed E-state index contributed by atoms with van der Waals surface area (Å²) in [6.07, 6.45) is 6.72. The van der Waals surface area contributed by atoms with Gasteiger partial charge < -0.3 is 10.1 Å². The number of rotatable bonds is 3. The minimum absolute atomic E-state index is 0.00531. The second kappa shape index (κ2) is 6.93. The van der Waals surface area contributed by atoms with E-state index >= 15 is 0 Å². The highest BCUT2D eigenvalue weighted by molar-refractivity contribution is 5.77. The Hall–Kier alpha value is -3.33. The van der Waals surface area contributed by atoms with Crippen molar-refractivity contribution in [1.29, 1.82) is 0 Å². The Bertz CT molecular complexity index is 1270. The molecule has 4 aromatic rings. The van der Waals surface area contributed by atoms with Crippen molar-refractivity contribution in [2.24, 2.45) is 0 Å². The highest BCUT2D eigenvalue weighted by atomic mass is 16.5. The van der Waals surface area contributed by atoms with Crippen molar-refractivity contribution in [3.63, 3.8) is 0 Å². The Morgan fingerprint density at radius 1 is 1.14 bits per heavy atom. The summed E-state index contributed by atoms with van der Waals surface area (Å²) in [6, 6.07) is 3.87. The zero-order valence-electron chi connectivity index (χ0n) is 16.3. The van der Waals surface area contributed by atoms with E-state index in [1.165, 1.54) is 6.33 Å². The zero-order valence-corrected chi connectivity index (χ0v) is 16.3. The lowest BCUT2D eigenvalue weighted by atomic mass is 10.1. The van der Waals surface area contributed by atoms with E-state index in [1.807, 2.05) is 36.7 Å². The predicted octanol–water partition coefficient (Wildman–Crippen LogP) is 2.55. The van der Waals surface area contributed by atoms with Gasteiger partial charge in [-0.05, 0) is 44.4 Å². The third-order valence-corrected chi connectivity index (χ3v) is 5.38. The van der Waals surface area contributed by atoms with E-state index in [1.54, 1.807) is 10.7 Å². The molecule has 5 heterocycles. The molecule has 0 radical (unpaired) electrons. The lowest BCUT2D eigenvalue weighted by Crippen LogP contribution is -2.31. The first-order valence-electron chi connectivity index (χ1n) is 9.64. The van der Waals surface area contributed by atoms with Crippen LogP contribution in [0.4, 0.5) is 11.6 Å². The van der Waals surface area contributed by atoms with Gasteiger partial charge in [0.15, 0.2) is 5.65 Å². The van der Waals surface area contributed by atoms with E-state index < -0.39 is 0 Å². The van der Waals surface area contributed by atoms with Crippen LogP contribution in [0.2, 0.25) is 0 Å². The fraction of sp³-hybridized carbons (Fsp3) is 0.350. The van der Waals surface area contributed by atoms with E-state index in [0.717, 1.165) is 35.1 Å². The van der Waals surface area contributed by atoms with Gasteiger partial charge in [0.05, 0.1) is 11.9 Å². The van der Waals surface area contributed by atoms with E-state index in [-0.39, 0.29) is 11.6 Å². The maximum atomic E-state index is 12.9. The molecule has 1 saturated heterocycles. The number of anilines is 2. The van der Waals surface area contributed by atoms with Crippen LogP contribution in [0.15, 0.2) is 35.6 Å². The maximum absolute atomic E-state index is 12.9. The molecule has 5 rings (SSSR count). The summed E-state index contributed by atoms with van der Waals surface area (Å²) in [6.45, 7) is 5.12. The monoisotopic (exact) mass is 391 g/mol. The normalized spacial score (nSPS) is 15.2. The molecule has 9 heteroatoms. The number of pyridine rings is 2. The summed E-state index contributed by atoms with van der Waals surface area (Å²) in [7, 11) is 0. The van der Waals surface area contributed by atoms with Crippen molar-refractivity contribution in [2.45, 2.75) is 32.7 Å². The minimum Gasteiger partial charge on any atom is -0.381 e. The van der Waals surface area contributed by atoms with E-state index in [9.17, 15) is 4.79 Å². The zero-order chi connectivity index (χ0) is 20.0. The molecular formula is C20H21N7O2. The van der Waals surface area contributed by atoms with Crippen LogP contribution >= 0.6 is 0 Å². The summed E-state index contributed by atoms with van der Waals surface area (Å²) >= 11 is 0. The third kappa shape index (κ3) is 3.13. The van der Waals surface area contributed by atoms with E-state index in [2.05, 4.69) is 20.4 Å². The Morgan fingerprint density at radius 2 is 1.97 bits per heavy atom. The number of fused-ring (bicyclic) bond motifs is 2. The Morgan fingerprint density at radius 3 is 2.79 bits per heavy atom. The standard InChI is InChI=1S/C20H21N7O2/c1-12-8-17-22-11-23-26(17)10-16(12)24-20-21-9-14-7-13(2)19(28)27(18(14)25-20)15-3-5-29-6-4-15/h7-11,15H,3-6H2,1-2H3,(H,21,24,25). The summed E-state index contributed by atoms with van der Waals surface area (Å²) < 4.78 is 8.98. The van der Waals surface area contributed by atoms with Crippen LogP contribution in [0.25, 0.3) is 16.7 Å². The number of ether oxygens (including phenoxy) is 1. The molecule has 0 amide bonds. The molecular weight excluding hydrogens is 370 g/mol. The first kappa shape index (κ1) is 17.7.